The van der Waals surface area contributed by atoms with Gasteiger partial charge in [0.2, 0.25) is 0 Å². The monoisotopic (exact) mass is 391 g/mol. The number of rotatable bonds is 6. The van der Waals surface area contributed by atoms with Crippen molar-refractivity contribution in [1.82, 2.24) is 15.0 Å². The van der Waals surface area contributed by atoms with E-state index < -0.39 is 11.6 Å². The Kier molecular flexibility index (Phi) is 4.92. The van der Waals surface area contributed by atoms with Crippen LogP contribution in [-0.4, -0.2) is 46.3 Å². The van der Waals surface area contributed by atoms with Gasteiger partial charge < -0.3 is 14.4 Å². The number of carboxylic acids is 1. The van der Waals surface area contributed by atoms with Gasteiger partial charge in [-0.15, -0.1) is 0 Å². The van der Waals surface area contributed by atoms with Crippen molar-refractivity contribution >= 4 is 17.6 Å². The number of piperidine rings is 1. The van der Waals surface area contributed by atoms with Crippen LogP contribution in [0.1, 0.15) is 59.2 Å². The molecular weight excluding hydrogens is 370 g/mol. The summed E-state index contributed by atoms with van der Waals surface area (Å²) in [5.74, 6) is 0.807. The van der Waals surface area contributed by atoms with Gasteiger partial charge in [0.15, 0.2) is 5.82 Å². The van der Waals surface area contributed by atoms with Crippen molar-refractivity contribution in [2.45, 2.75) is 43.7 Å². The van der Waals surface area contributed by atoms with Crippen LogP contribution in [0.5, 0.6) is 0 Å². The third-order valence-electron chi connectivity index (χ3n) is 5.56. The van der Waals surface area contributed by atoms with Gasteiger partial charge in [0.25, 0.3) is 5.89 Å². The van der Waals surface area contributed by atoms with Crippen molar-refractivity contribution in [1.29, 1.82) is 0 Å². The summed E-state index contributed by atoms with van der Waals surface area (Å²) in [6.07, 6.45) is 3.64. The predicted octanol–water partition coefficient (Wildman–Crippen LogP) is 3.44. The molecule has 4 rings (SSSR count). The van der Waals surface area contributed by atoms with Crippen molar-refractivity contribution in [2.24, 2.45) is 0 Å². The lowest BCUT2D eigenvalue weighted by molar-refractivity contribution is -0.0838. The summed E-state index contributed by atoms with van der Waals surface area (Å²) in [5.41, 5.74) is 0.315. The SMILES string of the molecule is COC1(c2nc(C3CC3)no2)CCN(Cc2c(Cl)cccc2C(=O)O)CC1. The number of nitrogens with zero attached hydrogens (tertiary/aromatic N) is 3. The molecule has 27 heavy (non-hydrogen) atoms. The van der Waals surface area contributed by atoms with Crippen LogP contribution in [0.3, 0.4) is 0 Å². The first-order valence-corrected chi connectivity index (χ1v) is 9.52. The highest BCUT2D eigenvalue weighted by Gasteiger charge is 2.42. The molecule has 0 unspecified atom stereocenters. The van der Waals surface area contributed by atoms with E-state index in [9.17, 15) is 9.90 Å². The number of ether oxygens (including phenoxy) is 1. The van der Waals surface area contributed by atoms with E-state index in [4.69, 9.17) is 20.9 Å². The quantitative estimate of drug-likeness (QED) is 0.806. The number of aromatic nitrogens is 2. The molecule has 1 N–H and O–H groups in total. The van der Waals surface area contributed by atoms with Crippen molar-refractivity contribution in [2.75, 3.05) is 20.2 Å². The van der Waals surface area contributed by atoms with Gasteiger partial charge in [0, 0.05) is 37.7 Å². The van der Waals surface area contributed by atoms with Crippen molar-refractivity contribution in [3.05, 3.63) is 46.1 Å². The van der Waals surface area contributed by atoms with E-state index in [2.05, 4.69) is 15.0 Å². The second kappa shape index (κ2) is 7.22. The number of carbonyl (C=O) groups is 1. The Balaban J connectivity index is 1.47. The summed E-state index contributed by atoms with van der Waals surface area (Å²) in [6, 6.07) is 4.98. The summed E-state index contributed by atoms with van der Waals surface area (Å²) < 4.78 is 11.3. The number of hydrogen-bond donors (Lipinski definition) is 1. The lowest BCUT2D eigenvalue weighted by Gasteiger charge is -2.38. The number of hydrogen-bond acceptors (Lipinski definition) is 6. The minimum atomic E-state index is -0.964. The van der Waals surface area contributed by atoms with Crippen LogP contribution in [0.25, 0.3) is 0 Å². The van der Waals surface area contributed by atoms with Crippen LogP contribution < -0.4 is 0 Å². The summed E-state index contributed by atoms with van der Waals surface area (Å²) in [4.78, 5) is 18.3. The van der Waals surface area contributed by atoms with Gasteiger partial charge in [-0.1, -0.05) is 22.8 Å². The Morgan fingerprint density at radius 3 is 2.78 bits per heavy atom. The Labute approximate surface area is 162 Å². The lowest BCUT2D eigenvalue weighted by atomic mass is 9.90. The first kappa shape index (κ1) is 18.4. The fraction of sp³-hybridized carbons (Fsp3) is 0.526. The molecule has 0 amide bonds. The summed E-state index contributed by atoms with van der Waals surface area (Å²) in [7, 11) is 1.67. The zero-order valence-electron chi connectivity index (χ0n) is 15.2. The van der Waals surface area contributed by atoms with Crippen LogP contribution in [0.2, 0.25) is 5.02 Å². The van der Waals surface area contributed by atoms with Gasteiger partial charge in [-0.05, 0) is 43.4 Å². The maximum Gasteiger partial charge on any atom is 0.336 e. The normalized spacial score (nSPS) is 19.9. The molecule has 2 aromatic rings. The molecule has 144 valence electrons. The molecule has 7 nitrogen and oxygen atoms in total. The van der Waals surface area contributed by atoms with Crippen molar-refractivity contribution < 1.29 is 19.2 Å². The molecule has 0 atom stereocenters. The summed E-state index contributed by atoms with van der Waals surface area (Å²) in [5, 5.41) is 14.0. The van der Waals surface area contributed by atoms with Crippen LogP contribution >= 0.6 is 11.6 Å². The van der Waals surface area contributed by atoms with Crippen molar-refractivity contribution in [3.8, 4) is 0 Å². The van der Waals surface area contributed by atoms with Crippen LogP contribution in [-0.2, 0) is 16.9 Å². The molecular formula is C19H22ClN3O4. The first-order valence-electron chi connectivity index (χ1n) is 9.15. The molecule has 1 saturated heterocycles. The molecule has 2 heterocycles. The van der Waals surface area contributed by atoms with Gasteiger partial charge in [0.05, 0.1) is 5.56 Å². The van der Waals surface area contributed by atoms with E-state index in [0.29, 0.717) is 41.8 Å². The highest BCUT2D eigenvalue weighted by atomic mass is 35.5. The van der Waals surface area contributed by atoms with Crippen molar-refractivity contribution in [3.63, 3.8) is 0 Å². The first-order chi connectivity index (χ1) is 13.0. The number of carboxylic acid groups (broad SMARTS) is 1. The van der Waals surface area contributed by atoms with E-state index >= 15 is 0 Å². The second-order valence-electron chi connectivity index (χ2n) is 7.28. The van der Waals surface area contributed by atoms with Gasteiger partial charge in [0.1, 0.15) is 5.60 Å². The number of halogens is 1. The molecule has 1 aromatic carbocycles. The average molecular weight is 392 g/mol. The second-order valence-corrected chi connectivity index (χ2v) is 7.68. The smallest absolute Gasteiger partial charge is 0.336 e. The molecule has 2 fully saturated rings. The minimum Gasteiger partial charge on any atom is -0.478 e. The van der Waals surface area contributed by atoms with E-state index in [0.717, 1.165) is 31.8 Å². The Bertz CT molecular complexity index is 841. The topological polar surface area (TPSA) is 88.7 Å². The maximum absolute atomic E-state index is 11.5. The van der Waals surface area contributed by atoms with E-state index in [1.165, 1.54) is 0 Å². The minimum absolute atomic E-state index is 0.247. The van der Waals surface area contributed by atoms with Gasteiger partial charge in [-0.2, -0.15) is 4.98 Å². The Morgan fingerprint density at radius 2 is 2.15 bits per heavy atom. The number of methoxy groups -OCH3 is 1. The molecule has 1 aliphatic heterocycles. The van der Waals surface area contributed by atoms with Crippen LogP contribution in [0, 0.1) is 0 Å². The Morgan fingerprint density at radius 1 is 1.41 bits per heavy atom. The molecule has 0 bridgehead atoms. The van der Waals surface area contributed by atoms with E-state index in [1.807, 2.05) is 0 Å². The largest absolute Gasteiger partial charge is 0.478 e. The van der Waals surface area contributed by atoms with Gasteiger partial charge >= 0.3 is 5.97 Å². The van der Waals surface area contributed by atoms with Gasteiger partial charge in [-0.3, -0.25) is 4.90 Å². The zero-order chi connectivity index (χ0) is 19.0. The van der Waals surface area contributed by atoms with E-state index in [1.54, 1.807) is 25.3 Å². The highest BCUT2D eigenvalue weighted by Crippen LogP contribution is 2.41. The van der Waals surface area contributed by atoms with Crippen LogP contribution in [0.15, 0.2) is 22.7 Å². The molecule has 1 aliphatic carbocycles. The van der Waals surface area contributed by atoms with Crippen LogP contribution in [0.4, 0.5) is 0 Å². The standard InChI is InChI=1S/C19H22ClN3O4/c1-26-19(18-21-16(22-27-18)12-5-6-12)7-9-23(10-8-19)11-14-13(17(24)25)3-2-4-15(14)20/h2-4,12H,5-11H2,1H3,(H,24,25). The zero-order valence-corrected chi connectivity index (χ0v) is 15.9. The lowest BCUT2D eigenvalue weighted by Crippen LogP contribution is -2.43. The average Bonchev–Trinajstić information content (AvgIpc) is 3.40. The fourth-order valence-electron chi connectivity index (χ4n) is 3.65. The molecule has 8 heteroatoms. The molecule has 1 aromatic heterocycles. The van der Waals surface area contributed by atoms with Gasteiger partial charge in [-0.25, -0.2) is 4.79 Å². The van der Waals surface area contributed by atoms with E-state index in [-0.39, 0.29) is 5.56 Å². The Hall–Kier alpha value is -1.96. The number of benzene rings is 1. The number of likely N-dealkylation sites (tertiary alicyclic amines) is 1. The third kappa shape index (κ3) is 3.59. The maximum atomic E-state index is 11.5. The third-order valence-corrected chi connectivity index (χ3v) is 5.91. The number of aromatic carboxylic acids is 1. The fourth-order valence-corrected chi connectivity index (χ4v) is 3.88. The molecule has 1 saturated carbocycles. The molecule has 0 spiro atoms. The highest BCUT2D eigenvalue weighted by molar-refractivity contribution is 6.31. The molecule has 0 radical (unpaired) electrons. The summed E-state index contributed by atoms with van der Waals surface area (Å²) in [6.45, 7) is 1.93. The summed E-state index contributed by atoms with van der Waals surface area (Å²) >= 11 is 6.26. The predicted molar refractivity (Wildman–Crippen MR) is 97.9 cm³/mol. The molecule has 2 aliphatic rings.